The van der Waals surface area contributed by atoms with E-state index in [2.05, 4.69) is 31.4 Å². The van der Waals surface area contributed by atoms with Gasteiger partial charge in [-0.2, -0.15) is 10.2 Å². The van der Waals surface area contributed by atoms with Crippen molar-refractivity contribution >= 4 is 27.5 Å². The lowest BCUT2D eigenvalue weighted by atomic mass is 10.2. The molecule has 0 saturated carbocycles. The molecule has 142 valence electrons. The third-order valence-electron chi connectivity index (χ3n) is 4.10. The van der Waals surface area contributed by atoms with E-state index in [-0.39, 0.29) is 5.91 Å². The van der Waals surface area contributed by atoms with Crippen LogP contribution in [0, 0.1) is 13.8 Å². The number of anilines is 1. The van der Waals surface area contributed by atoms with Gasteiger partial charge < -0.3 is 14.8 Å². The molecular formula is C18H20BrN5O3. The highest BCUT2D eigenvalue weighted by molar-refractivity contribution is 9.10. The Morgan fingerprint density at radius 3 is 2.59 bits per heavy atom. The first kappa shape index (κ1) is 19.0. The second-order valence-electron chi connectivity index (χ2n) is 5.89. The van der Waals surface area contributed by atoms with Crippen molar-refractivity contribution in [3.63, 3.8) is 0 Å². The molecule has 3 aromatic rings. The molecule has 0 aliphatic carbocycles. The first-order valence-corrected chi connectivity index (χ1v) is 8.98. The number of hydrogen-bond acceptors (Lipinski definition) is 5. The summed E-state index contributed by atoms with van der Waals surface area (Å²) in [6.07, 6.45) is 1.74. The zero-order chi connectivity index (χ0) is 19.6. The second-order valence-corrected chi connectivity index (χ2v) is 6.68. The summed E-state index contributed by atoms with van der Waals surface area (Å²) in [5, 5.41) is 11.6. The van der Waals surface area contributed by atoms with Gasteiger partial charge in [-0.3, -0.25) is 9.48 Å². The van der Waals surface area contributed by atoms with Gasteiger partial charge >= 0.3 is 0 Å². The number of benzene rings is 1. The number of aryl methyl sites for hydroxylation is 1. The van der Waals surface area contributed by atoms with E-state index in [9.17, 15) is 4.79 Å². The number of nitrogens with one attached hydrogen (secondary N) is 1. The summed E-state index contributed by atoms with van der Waals surface area (Å²) < 4.78 is 14.9. The molecule has 0 spiro atoms. The minimum Gasteiger partial charge on any atom is -0.497 e. The topological polar surface area (TPSA) is 83.2 Å². The van der Waals surface area contributed by atoms with Crippen LogP contribution in [0.4, 0.5) is 5.69 Å². The summed E-state index contributed by atoms with van der Waals surface area (Å²) >= 11 is 3.50. The average Bonchev–Trinajstić information content (AvgIpc) is 3.23. The third kappa shape index (κ3) is 3.97. The number of rotatable bonds is 6. The summed E-state index contributed by atoms with van der Waals surface area (Å²) in [6.45, 7) is 4.31. The van der Waals surface area contributed by atoms with Crippen molar-refractivity contribution in [1.29, 1.82) is 0 Å². The van der Waals surface area contributed by atoms with Crippen LogP contribution in [0.5, 0.6) is 11.5 Å². The van der Waals surface area contributed by atoms with Gasteiger partial charge in [0.25, 0.3) is 5.91 Å². The van der Waals surface area contributed by atoms with E-state index in [0.29, 0.717) is 29.5 Å². The molecule has 1 N–H and O–H groups in total. The van der Waals surface area contributed by atoms with Crippen LogP contribution < -0.4 is 14.8 Å². The predicted molar refractivity (Wildman–Crippen MR) is 105 cm³/mol. The highest BCUT2D eigenvalue weighted by Gasteiger charge is 2.15. The molecule has 1 amide bonds. The average molecular weight is 434 g/mol. The number of ether oxygens (including phenoxy) is 2. The zero-order valence-electron chi connectivity index (χ0n) is 15.5. The Kier molecular flexibility index (Phi) is 5.50. The maximum atomic E-state index is 12.6. The number of carbonyl (C=O) groups excluding carboxylic acids is 1. The molecule has 0 aliphatic rings. The van der Waals surface area contributed by atoms with Crippen molar-refractivity contribution in [2.24, 2.45) is 0 Å². The molecule has 1 aromatic carbocycles. The highest BCUT2D eigenvalue weighted by Crippen LogP contribution is 2.29. The number of amides is 1. The van der Waals surface area contributed by atoms with Crippen molar-refractivity contribution in [2.75, 3.05) is 19.5 Å². The lowest BCUT2D eigenvalue weighted by molar-refractivity contribution is 0.102. The van der Waals surface area contributed by atoms with Crippen LogP contribution in [0.25, 0.3) is 0 Å². The molecule has 0 unspecified atom stereocenters. The lowest BCUT2D eigenvalue weighted by Crippen LogP contribution is -2.16. The Hall–Kier alpha value is -2.81. The van der Waals surface area contributed by atoms with E-state index < -0.39 is 0 Å². The molecule has 0 fully saturated rings. The Labute approximate surface area is 165 Å². The smallest absolute Gasteiger partial charge is 0.276 e. The van der Waals surface area contributed by atoms with Crippen LogP contribution in [0.3, 0.4) is 0 Å². The SMILES string of the molecule is COc1ccc(OC)c(NC(=O)c2ccn(Cn3nc(C)c(Br)c3C)n2)c1. The van der Waals surface area contributed by atoms with Gasteiger partial charge in [0.15, 0.2) is 5.69 Å². The van der Waals surface area contributed by atoms with E-state index in [4.69, 9.17) is 9.47 Å². The summed E-state index contributed by atoms with van der Waals surface area (Å²) in [7, 11) is 3.10. The minimum absolute atomic E-state index is 0.292. The maximum absolute atomic E-state index is 12.6. The van der Waals surface area contributed by atoms with E-state index in [1.807, 2.05) is 18.5 Å². The molecule has 2 aromatic heterocycles. The van der Waals surface area contributed by atoms with E-state index in [0.717, 1.165) is 15.9 Å². The largest absolute Gasteiger partial charge is 0.497 e. The van der Waals surface area contributed by atoms with Crippen LogP contribution in [-0.4, -0.2) is 39.7 Å². The van der Waals surface area contributed by atoms with Crippen molar-refractivity contribution in [3.8, 4) is 11.5 Å². The Balaban J connectivity index is 1.76. The highest BCUT2D eigenvalue weighted by atomic mass is 79.9. The number of nitrogens with zero attached hydrogens (tertiary/aromatic N) is 4. The van der Waals surface area contributed by atoms with Gasteiger partial charge in [-0.05, 0) is 48.0 Å². The molecule has 0 radical (unpaired) electrons. The third-order valence-corrected chi connectivity index (χ3v) is 5.25. The van der Waals surface area contributed by atoms with Gasteiger partial charge in [-0.25, -0.2) is 4.68 Å². The van der Waals surface area contributed by atoms with Crippen LogP contribution >= 0.6 is 15.9 Å². The van der Waals surface area contributed by atoms with Gasteiger partial charge in [-0.15, -0.1) is 0 Å². The van der Waals surface area contributed by atoms with Gasteiger partial charge in [0.05, 0.1) is 35.8 Å². The van der Waals surface area contributed by atoms with Gasteiger partial charge in [0.2, 0.25) is 0 Å². The number of aromatic nitrogens is 4. The van der Waals surface area contributed by atoms with Crippen LogP contribution in [-0.2, 0) is 6.67 Å². The minimum atomic E-state index is -0.338. The zero-order valence-corrected chi connectivity index (χ0v) is 17.1. The van der Waals surface area contributed by atoms with Crippen LogP contribution in [0.1, 0.15) is 21.9 Å². The summed E-state index contributed by atoms with van der Waals surface area (Å²) in [4.78, 5) is 12.6. The fraction of sp³-hybridized carbons (Fsp3) is 0.278. The van der Waals surface area contributed by atoms with Crippen LogP contribution in [0.15, 0.2) is 34.9 Å². The molecule has 0 saturated heterocycles. The fourth-order valence-corrected chi connectivity index (χ4v) is 2.89. The van der Waals surface area contributed by atoms with Crippen molar-refractivity contribution in [1.82, 2.24) is 19.6 Å². The summed E-state index contributed by atoms with van der Waals surface area (Å²) in [5.41, 5.74) is 2.71. The molecular weight excluding hydrogens is 414 g/mol. The molecule has 0 bridgehead atoms. The van der Waals surface area contributed by atoms with Gasteiger partial charge in [0.1, 0.15) is 18.2 Å². The maximum Gasteiger partial charge on any atom is 0.276 e. The van der Waals surface area contributed by atoms with Gasteiger partial charge in [-0.1, -0.05) is 0 Å². The monoisotopic (exact) mass is 433 g/mol. The standard InChI is InChI=1S/C18H20BrN5O3/c1-11-17(19)12(2)24(21-11)10-23-8-7-14(22-23)18(25)20-15-9-13(26-3)5-6-16(15)27-4/h5-9H,10H2,1-4H3,(H,20,25). The molecule has 27 heavy (non-hydrogen) atoms. The van der Waals surface area contributed by atoms with Gasteiger partial charge in [0, 0.05) is 12.3 Å². The fourth-order valence-electron chi connectivity index (χ4n) is 2.61. The Morgan fingerprint density at radius 2 is 1.96 bits per heavy atom. The van der Waals surface area contributed by atoms with E-state index in [1.54, 1.807) is 49.4 Å². The van der Waals surface area contributed by atoms with E-state index in [1.165, 1.54) is 0 Å². The van der Waals surface area contributed by atoms with Crippen LogP contribution in [0.2, 0.25) is 0 Å². The molecule has 8 nitrogen and oxygen atoms in total. The molecule has 2 heterocycles. The molecule has 0 aliphatic heterocycles. The first-order chi connectivity index (χ1) is 12.9. The van der Waals surface area contributed by atoms with Crippen molar-refractivity contribution in [2.45, 2.75) is 20.5 Å². The lowest BCUT2D eigenvalue weighted by Gasteiger charge is -2.11. The summed E-state index contributed by atoms with van der Waals surface area (Å²) in [5.74, 6) is 0.817. The van der Waals surface area contributed by atoms with E-state index >= 15 is 0 Å². The first-order valence-electron chi connectivity index (χ1n) is 8.19. The quantitative estimate of drug-likeness (QED) is 0.644. The predicted octanol–water partition coefficient (Wildman–Crippen LogP) is 3.23. The Morgan fingerprint density at radius 1 is 1.19 bits per heavy atom. The number of halogens is 1. The number of carbonyl (C=O) groups is 1. The molecule has 9 heteroatoms. The number of hydrogen-bond donors (Lipinski definition) is 1. The molecule has 0 atom stereocenters. The normalized spacial score (nSPS) is 10.7. The number of methoxy groups -OCH3 is 2. The van der Waals surface area contributed by atoms with Crippen molar-refractivity contribution in [3.05, 3.63) is 52.0 Å². The molecule has 3 rings (SSSR count). The second kappa shape index (κ2) is 7.83. The summed E-state index contributed by atoms with van der Waals surface area (Å²) in [6, 6.07) is 6.84. The Bertz CT molecular complexity index is 980. The van der Waals surface area contributed by atoms with Crippen molar-refractivity contribution < 1.29 is 14.3 Å².